The van der Waals surface area contributed by atoms with Gasteiger partial charge in [-0.05, 0) is 6.42 Å². The minimum absolute atomic E-state index is 0.135. The Bertz CT molecular complexity index is 221. The number of aliphatic hydroxyl groups excluding tert-OH is 1. The Morgan fingerprint density at radius 3 is 2.15 bits per heavy atom. The van der Waals surface area contributed by atoms with E-state index in [1.165, 1.54) is 6.92 Å². The molecule has 0 aromatic rings. The fourth-order valence-corrected chi connectivity index (χ4v) is 1.72. The summed E-state index contributed by atoms with van der Waals surface area (Å²) in [4.78, 5) is 27.4. The van der Waals surface area contributed by atoms with Gasteiger partial charge in [0.05, 0.1) is 18.2 Å². The topological polar surface area (TPSA) is 115 Å². The molecule has 7 heteroatoms. The second-order valence-corrected chi connectivity index (χ2v) is 4.46. The number of rotatable bonds is 5. The molecular formula is C6H13O6P. The van der Waals surface area contributed by atoms with Gasteiger partial charge in [0.1, 0.15) is 0 Å². The molecule has 0 radical (unpaired) electrons. The summed E-state index contributed by atoms with van der Waals surface area (Å²) in [5.74, 6) is -2.36. The smallest absolute Gasteiger partial charge is 0.328 e. The molecule has 0 aliphatic carbocycles. The van der Waals surface area contributed by atoms with Crippen LogP contribution in [0.3, 0.4) is 0 Å². The van der Waals surface area contributed by atoms with E-state index in [-0.39, 0.29) is 6.42 Å². The van der Waals surface area contributed by atoms with Crippen LogP contribution in [-0.2, 0) is 9.36 Å². The first-order valence-electron chi connectivity index (χ1n) is 3.73. The molecule has 6 nitrogen and oxygen atoms in total. The van der Waals surface area contributed by atoms with E-state index < -0.39 is 31.7 Å². The first kappa shape index (κ1) is 12.6. The molecule has 0 rings (SSSR count). The molecule has 0 aromatic carbocycles. The van der Waals surface area contributed by atoms with Crippen LogP contribution in [-0.4, -0.2) is 38.2 Å². The summed E-state index contributed by atoms with van der Waals surface area (Å²) in [7, 11) is -4.34. The molecule has 2 atom stereocenters. The SMILES string of the molecule is CCC(C(=O)O)C(O)CP(=O)(O)O. The molecule has 0 bridgehead atoms. The third kappa shape index (κ3) is 5.00. The van der Waals surface area contributed by atoms with Crippen LogP contribution >= 0.6 is 7.60 Å². The van der Waals surface area contributed by atoms with E-state index in [0.717, 1.165) is 0 Å². The Morgan fingerprint density at radius 2 is 1.92 bits per heavy atom. The van der Waals surface area contributed by atoms with Crippen LogP contribution < -0.4 is 0 Å². The van der Waals surface area contributed by atoms with Gasteiger partial charge < -0.3 is 20.0 Å². The van der Waals surface area contributed by atoms with Crippen molar-refractivity contribution in [2.45, 2.75) is 19.4 Å². The van der Waals surface area contributed by atoms with Crippen molar-refractivity contribution >= 4 is 13.6 Å². The monoisotopic (exact) mass is 212 g/mol. The quantitative estimate of drug-likeness (QED) is 0.462. The van der Waals surface area contributed by atoms with Crippen LogP contribution in [0.4, 0.5) is 0 Å². The Kier molecular flexibility index (Phi) is 4.56. The minimum atomic E-state index is -4.34. The van der Waals surface area contributed by atoms with Crippen LogP contribution in [0.2, 0.25) is 0 Å². The van der Waals surface area contributed by atoms with E-state index in [1.54, 1.807) is 0 Å². The van der Waals surface area contributed by atoms with Gasteiger partial charge in [-0.15, -0.1) is 0 Å². The predicted molar refractivity (Wildman–Crippen MR) is 44.3 cm³/mol. The number of aliphatic hydroxyl groups is 1. The van der Waals surface area contributed by atoms with Crippen LogP contribution in [0.25, 0.3) is 0 Å². The number of hydrogen-bond acceptors (Lipinski definition) is 3. The Hall–Kier alpha value is -0.420. The van der Waals surface area contributed by atoms with Crippen molar-refractivity contribution in [2.24, 2.45) is 5.92 Å². The lowest BCUT2D eigenvalue weighted by atomic mass is 10.0. The lowest BCUT2D eigenvalue weighted by Crippen LogP contribution is -2.30. The fraction of sp³-hybridized carbons (Fsp3) is 0.833. The highest BCUT2D eigenvalue weighted by Crippen LogP contribution is 2.36. The molecule has 2 unspecified atom stereocenters. The summed E-state index contributed by atoms with van der Waals surface area (Å²) in [6.07, 6.45) is -2.17. The van der Waals surface area contributed by atoms with E-state index in [4.69, 9.17) is 20.0 Å². The molecule has 0 fully saturated rings. The molecule has 0 amide bonds. The summed E-state index contributed by atoms with van der Waals surface area (Å²) < 4.78 is 10.4. The third-order valence-electron chi connectivity index (χ3n) is 1.65. The zero-order valence-electron chi connectivity index (χ0n) is 7.12. The van der Waals surface area contributed by atoms with Crippen molar-refractivity contribution in [3.8, 4) is 0 Å². The third-order valence-corrected chi connectivity index (χ3v) is 2.50. The fourth-order valence-electron chi connectivity index (χ4n) is 0.982. The van der Waals surface area contributed by atoms with Gasteiger partial charge in [-0.2, -0.15) is 0 Å². The van der Waals surface area contributed by atoms with Gasteiger partial charge in [0.15, 0.2) is 0 Å². The highest BCUT2D eigenvalue weighted by molar-refractivity contribution is 7.51. The second kappa shape index (κ2) is 4.72. The van der Waals surface area contributed by atoms with Crippen molar-refractivity contribution in [1.29, 1.82) is 0 Å². The van der Waals surface area contributed by atoms with Crippen molar-refractivity contribution in [3.63, 3.8) is 0 Å². The minimum Gasteiger partial charge on any atom is -0.481 e. The number of carboxylic acid groups (broad SMARTS) is 1. The lowest BCUT2D eigenvalue weighted by Gasteiger charge is -2.17. The summed E-state index contributed by atoms with van der Waals surface area (Å²) >= 11 is 0. The Balaban J connectivity index is 4.31. The first-order chi connectivity index (χ1) is 5.78. The second-order valence-electron chi connectivity index (χ2n) is 2.77. The predicted octanol–water partition coefficient (Wildman–Crippen LogP) is -0.364. The lowest BCUT2D eigenvalue weighted by molar-refractivity contribution is -0.145. The van der Waals surface area contributed by atoms with Crippen LogP contribution in [0.1, 0.15) is 13.3 Å². The Morgan fingerprint density at radius 1 is 1.46 bits per heavy atom. The molecule has 0 aromatic heterocycles. The molecule has 4 N–H and O–H groups in total. The average molecular weight is 212 g/mol. The Labute approximate surface area is 75.4 Å². The molecule has 0 heterocycles. The number of aliphatic carboxylic acids is 1. The molecule has 0 saturated carbocycles. The van der Waals surface area contributed by atoms with Gasteiger partial charge >= 0.3 is 13.6 Å². The number of carboxylic acids is 1. The van der Waals surface area contributed by atoms with Gasteiger partial charge in [-0.25, -0.2) is 0 Å². The van der Waals surface area contributed by atoms with Gasteiger partial charge in [0.2, 0.25) is 0 Å². The molecule has 0 aliphatic heterocycles. The van der Waals surface area contributed by atoms with Crippen LogP contribution in [0.5, 0.6) is 0 Å². The van der Waals surface area contributed by atoms with Crippen molar-refractivity contribution < 1.29 is 29.4 Å². The average Bonchev–Trinajstić information content (AvgIpc) is 1.82. The molecule has 0 aliphatic rings. The maximum Gasteiger partial charge on any atom is 0.328 e. The standard InChI is InChI=1S/C6H13O6P/c1-2-4(6(8)9)5(7)3-13(10,11)12/h4-5,7H,2-3H2,1H3,(H,8,9)(H2,10,11,12). The molecule has 0 spiro atoms. The molecule has 0 saturated heterocycles. The van der Waals surface area contributed by atoms with E-state index in [2.05, 4.69) is 0 Å². The molecule has 78 valence electrons. The summed E-state index contributed by atoms with van der Waals surface area (Å²) in [6.45, 7) is 1.53. The van der Waals surface area contributed by atoms with Crippen LogP contribution in [0.15, 0.2) is 0 Å². The van der Waals surface area contributed by atoms with E-state index in [1.807, 2.05) is 0 Å². The van der Waals surface area contributed by atoms with E-state index in [0.29, 0.717) is 0 Å². The van der Waals surface area contributed by atoms with Crippen molar-refractivity contribution in [2.75, 3.05) is 6.16 Å². The summed E-state index contributed by atoms with van der Waals surface area (Å²) in [5, 5.41) is 17.7. The van der Waals surface area contributed by atoms with E-state index >= 15 is 0 Å². The number of hydrogen-bond donors (Lipinski definition) is 4. The first-order valence-corrected chi connectivity index (χ1v) is 5.53. The summed E-state index contributed by atoms with van der Waals surface area (Å²) in [6, 6.07) is 0. The maximum atomic E-state index is 10.4. The van der Waals surface area contributed by atoms with Gasteiger partial charge in [0.25, 0.3) is 0 Å². The normalized spacial score (nSPS) is 16.6. The molecule has 13 heavy (non-hydrogen) atoms. The summed E-state index contributed by atoms with van der Waals surface area (Å²) in [5.41, 5.74) is 0. The zero-order chi connectivity index (χ0) is 10.6. The molecular weight excluding hydrogens is 199 g/mol. The zero-order valence-corrected chi connectivity index (χ0v) is 8.02. The highest BCUT2D eigenvalue weighted by atomic mass is 31.2. The van der Waals surface area contributed by atoms with Crippen molar-refractivity contribution in [1.82, 2.24) is 0 Å². The number of carbonyl (C=O) groups is 1. The van der Waals surface area contributed by atoms with E-state index in [9.17, 15) is 9.36 Å². The van der Waals surface area contributed by atoms with Gasteiger partial charge in [-0.3, -0.25) is 9.36 Å². The van der Waals surface area contributed by atoms with Gasteiger partial charge in [0, 0.05) is 0 Å². The largest absolute Gasteiger partial charge is 0.481 e. The van der Waals surface area contributed by atoms with Gasteiger partial charge in [-0.1, -0.05) is 6.92 Å². The highest BCUT2D eigenvalue weighted by Gasteiger charge is 2.30. The van der Waals surface area contributed by atoms with Crippen LogP contribution in [0, 0.1) is 5.92 Å². The van der Waals surface area contributed by atoms with Crippen molar-refractivity contribution in [3.05, 3.63) is 0 Å². The maximum absolute atomic E-state index is 10.4.